The summed E-state index contributed by atoms with van der Waals surface area (Å²) in [5.41, 5.74) is 4.82. The maximum absolute atomic E-state index is 11.1. The Bertz CT molecular complexity index is 1670. The lowest BCUT2D eigenvalue weighted by molar-refractivity contribution is -0.384. The average molecular weight is 549 g/mol. The molecule has 2 aromatic heterocycles. The van der Waals surface area contributed by atoms with E-state index in [1.807, 2.05) is 47.3 Å². The molecule has 37 heavy (non-hydrogen) atoms. The fourth-order valence-electron chi connectivity index (χ4n) is 3.59. The summed E-state index contributed by atoms with van der Waals surface area (Å²) in [5, 5.41) is 18.8. The standard InChI is InChI=1S/C26H18Cl2N6O2S/c1-17(18-2-7-21(8-3-18)32-13-12-29-16-32)31-33-25(19-4-9-22(10-5-19)34(35)36)15-37-26(33)30-20-6-11-23(27)24(28)14-20/h2-16H,1H3. The van der Waals surface area contributed by atoms with Crippen molar-refractivity contribution in [2.24, 2.45) is 10.1 Å². The van der Waals surface area contributed by atoms with E-state index in [0.717, 1.165) is 28.2 Å². The number of halogens is 2. The molecule has 0 bridgehead atoms. The molecule has 0 N–H and O–H groups in total. The van der Waals surface area contributed by atoms with E-state index in [-0.39, 0.29) is 5.69 Å². The summed E-state index contributed by atoms with van der Waals surface area (Å²) >= 11 is 13.6. The molecule has 0 amide bonds. The Morgan fingerprint density at radius 3 is 2.43 bits per heavy atom. The molecule has 0 aliphatic carbocycles. The highest BCUT2D eigenvalue weighted by Gasteiger charge is 2.12. The van der Waals surface area contributed by atoms with E-state index in [1.54, 1.807) is 47.5 Å². The van der Waals surface area contributed by atoms with Crippen molar-refractivity contribution in [2.75, 3.05) is 0 Å². The molecule has 5 aromatic rings. The minimum atomic E-state index is -0.424. The Hall–Kier alpha value is -4.05. The van der Waals surface area contributed by atoms with Crippen molar-refractivity contribution in [3.63, 3.8) is 0 Å². The summed E-state index contributed by atoms with van der Waals surface area (Å²) < 4.78 is 3.65. The molecule has 0 saturated heterocycles. The third-order valence-corrected chi connectivity index (χ3v) is 7.08. The quantitative estimate of drug-likeness (QED) is 0.128. The monoisotopic (exact) mass is 548 g/mol. The SMILES string of the molecule is CC(=Nn1c(-c2ccc([N+](=O)[O-])cc2)csc1=Nc1ccc(Cl)c(Cl)c1)c1ccc(-n2ccnc2)cc1. The van der Waals surface area contributed by atoms with E-state index in [0.29, 0.717) is 20.5 Å². The number of rotatable bonds is 6. The molecule has 0 atom stereocenters. The predicted molar refractivity (Wildman–Crippen MR) is 147 cm³/mol. The van der Waals surface area contributed by atoms with Crippen LogP contribution in [0.25, 0.3) is 16.9 Å². The topological polar surface area (TPSA) is 90.6 Å². The van der Waals surface area contributed by atoms with Crippen LogP contribution in [0.1, 0.15) is 12.5 Å². The Balaban J connectivity index is 1.60. The number of nitro groups is 1. The summed E-state index contributed by atoms with van der Waals surface area (Å²) in [6.07, 6.45) is 5.35. The molecule has 0 radical (unpaired) electrons. The third-order valence-electron chi connectivity index (χ3n) is 5.52. The van der Waals surface area contributed by atoms with Crippen molar-refractivity contribution in [1.29, 1.82) is 0 Å². The van der Waals surface area contributed by atoms with Crippen molar-refractivity contribution in [1.82, 2.24) is 14.2 Å². The van der Waals surface area contributed by atoms with Gasteiger partial charge in [0.2, 0.25) is 4.80 Å². The third kappa shape index (κ3) is 5.39. The van der Waals surface area contributed by atoms with E-state index in [9.17, 15) is 10.1 Å². The van der Waals surface area contributed by atoms with Gasteiger partial charge in [0.25, 0.3) is 5.69 Å². The molecule has 0 aliphatic heterocycles. The number of non-ortho nitro benzene ring substituents is 1. The van der Waals surface area contributed by atoms with Crippen LogP contribution < -0.4 is 4.80 Å². The number of nitrogens with zero attached hydrogens (tertiary/aromatic N) is 6. The van der Waals surface area contributed by atoms with Crippen molar-refractivity contribution >= 4 is 51.6 Å². The molecule has 2 heterocycles. The summed E-state index contributed by atoms with van der Waals surface area (Å²) in [6, 6.07) is 19.4. The van der Waals surface area contributed by atoms with E-state index >= 15 is 0 Å². The van der Waals surface area contributed by atoms with E-state index < -0.39 is 4.92 Å². The zero-order valence-corrected chi connectivity index (χ0v) is 21.7. The predicted octanol–water partition coefficient (Wildman–Crippen LogP) is 7.12. The average Bonchev–Trinajstić information content (AvgIpc) is 3.57. The molecular weight excluding hydrogens is 531 g/mol. The number of hydrogen-bond acceptors (Lipinski definition) is 6. The van der Waals surface area contributed by atoms with Gasteiger partial charge in [-0.3, -0.25) is 10.1 Å². The van der Waals surface area contributed by atoms with Gasteiger partial charge in [-0.2, -0.15) is 5.10 Å². The molecule has 0 aliphatic rings. The van der Waals surface area contributed by atoms with Gasteiger partial charge in [0, 0.05) is 41.2 Å². The smallest absolute Gasteiger partial charge is 0.269 e. The van der Waals surface area contributed by atoms with Gasteiger partial charge >= 0.3 is 0 Å². The highest BCUT2D eigenvalue weighted by molar-refractivity contribution is 7.07. The molecule has 5 rings (SSSR count). The van der Waals surface area contributed by atoms with Crippen LogP contribution in [0.4, 0.5) is 11.4 Å². The van der Waals surface area contributed by atoms with Crippen LogP contribution in [0, 0.1) is 10.1 Å². The fourth-order valence-corrected chi connectivity index (χ4v) is 4.73. The fraction of sp³-hybridized carbons (Fsp3) is 0.0385. The van der Waals surface area contributed by atoms with Gasteiger partial charge in [-0.05, 0) is 55.0 Å². The Labute approximate surface area is 225 Å². The maximum Gasteiger partial charge on any atom is 0.269 e. The van der Waals surface area contributed by atoms with Gasteiger partial charge in [0.05, 0.1) is 38.4 Å². The minimum absolute atomic E-state index is 0.0175. The molecule has 0 saturated carbocycles. The number of hydrogen-bond donors (Lipinski definition) is 0. The van der Waals surface area contributed by atoms with Crippen molar-refractivity contribution in [3.8, 4) is 16.9 Å². The summed E-state index contributed by atoms with van der Waals surface area (Å²) in [4.78, 5) is 20.1. The Morgan fingerprint density at radius 2 is 1.78 bits per heavy atom. The molecular formula is C26H18Cl2N6O2S. The summed E-state index contributed by atoms with van der Waals surface area (Å²) in [5.74, 6) is 0. The lowest BCUT2D eigenvalue weighted by atomic mass is 10.1. The van der Waals surface area contributed by atoms with Gasteiger partial charge < -0.3 is 4.57 Å². The molecule has 184 valence electrons. The van der Waals surface area contributed by atoms with Crippen LogP contribution in [0.2, 0.25) is 10.0 Å². The first-order chi connectivity index (χ1) is 17.9. The van der Waals surface area contributed by atoms with Crippen molar-refractivity contribution in [2.45, 2.75) is 6.92 Å². The second kappa shape index (κ2) is 10.5. The van der Waals surface area contributed by atoms with Crippen LogP contribution in [-0.4, -0.2) is 24.9 Å². The van der Waals surface area contributed by atoms with Crippen LogP contribution in [0.3, 0.4) is 0 Å². The first-order valence-corrected chi connectivity index (χ1v) is 12.6. The van der Waals surface area contributed by atoms with Crippen LogP contribution in [0.5, 0.6) is 0 Å². The molecule has 0 fully saturated rings. The highest BCUT2D eigenvalue weighted by atomic mass is 35.5. The van der Waals surface area contributed by atoms with Crippen LogP contribution in [-0.2, 0) is 0 Å². The Kier molecular flexibility index (Phi) is 7.00. The molecule has 0 spiro atoms. The van der Waals surface area contributed by atoms with Gasteiger partial charge in [-0.25, -0.2) is 14.7 Å². The Morgan fingerprint density at radius 1 is 1.03 bits per heavy atom. The first kappa shape index (κ1) is 24.6. The van der Waals surface area contributed by atoms with Crippen LogP contribution in [0.15, 0.2) is 101 Å². The van der Waals surface area contributed by atoms with Gasteiger partial charge in [0.15, 0.2) is 0 Å². The summed E-state index contributed by atoms with van der Waals surface area (Å²) in [6.45, 7) is 1.92. The zero-order valence-electron chi connectivity index (χ0n) is 19.3. The lowest BCUT2D eigenvalue weighted by Gasteiger charge is -2.08. The van der Waals surface area contributed by atoms with Crippen molar-refractivity contribution < 1.29 is 4.92 Å². The van der Waals surface area contributed by atoms with Gasteiger partial charge in [-0.1, -0.05) is 35.3 Å². The first-order valence-electron chi connectivity index (χ1n) is 11.0. The van der Waals surface area contributed by atoms with Gasteiger partial charge in [-0.15, -0.1) is 11.3 Å². The summed E-state index contributed by atoms with van der Waals surface area (Å²) in [7, 11) is 0. The molecule has 11 heteroatoms. The van der Waals surface area contributed by atoms with E-state index in [2.05, 4.69) is 4.98 Å². The normalized spacial score (nSPS) is 12.2. The number of nitro benzene ring substituents is 1. The van der Waals surface area contributed by atoms with Crippen molar-refractivity contribution in [3.05, 3.63) is 121 Å². The maximum atomic E-state index is 11.1. The number of benzene rings is 3. The lowest BCUT2D eigenvalue weighted by Crippen LogP contribution is -2.13. The second-order valence-corrected chi connectivity index (χ2v) is 9.58. The molecule has 8 nitrogen and oxygen atoms in total. The minimum Gasteiger partial charge on any atom is -0.306 e. The largest absolute Gasteiger partial charge is 0.306 e. The second-order valence-electron chi connectivity index (χ2n) is 7.93. The van der Waals surface area contributed by atoms with Gasteiger partial charge in [0.1, 0.15) is 0 Å². The number of thiazole rings is 1. The molecule has 3 aromatic carbocycles. The number of imidazole rings is 1. The highest BCUT2D eigenvalue weighted by Crippen LogP contribution is 2.27. The zero-order chi connectivity index (χ0) is 25.9. The number of aromatic nitrogens is 3. The molecule has 0 unspecified atom stereocenters. The van der Waals surface area contributed by atoms with Crippen LogP contribution >= 0.6 is 34.5 Å². The van der Waals surface area contributed by atoms with E-state index in [4.69, 9.17) is 33.3 Å². The van der Waals surface area contributed by atoms with E-state index in [1.165, 1.54) is 23.5 Å².